The van der Waals surface area contributed by atoms with Gasteiger partial charge in [-0.15, -0.1) is 0 Å². The van der Waals surface area contributed by atoms with Gasteiger partial charge >= 0.3 is 0 Å². The predicted octanol–water partition coefficient (Wildman–Crippen LogP) is 25.3. The zero-order valence-corrected chi connectivity index (χ0v) is 55.3. The van der Waals surface area contributed by atoms with E-state index in [4.69, 9.17) is 15.0 Å². The zero-order chi connectivity index (χ0) is 67.5. The largest absolute Gasteiger partial charge is 0.252 e. The van der Waals surface area contributed by atoms with Crippen molar-refractivity contribution >= 4 is 130 Å². The first-order chi connectivity index (χ1) is 50.6. The van der Waals surface area contributed by atoms with Gasteiger partial charge in [-0.3, -0.25) is 29.9 Å². The maximum absolute atomic E-state index is 4.73. The van der Waals surface area contributed by atoms with Gasteiger partial charge in [-0.1, -0.05) is 291 Å². The Labute approximate surface area is 587 Å². The molecule has 0 spiro atoms. The van der Waals surface area contributed by atoms with Crippen LogP contribution in [-0.2, 0) is 0 Å². The topological polar surface area (TPSA) is 77.3 Å². The number of rotatable bonds is 6. The van der Waals surface area contributed by atoms with Crippen molar-refractivity contribution < 1.29 is 0 Å². The second-order valence-electron chi connectivity index (χ2n) is 26.1. The minimum Gasteiger partial charge on any atom is -0.252 e. The van der Waals surface area contributed by atoms with Crippen LogP contribution in [0.2, 0.25) is 0 Å². The fourth-order valence-electron chi connectivity index (χ4n) is 15.2. The SMILES string of the molecule is c1cc(-c2ccc3ccccc3c2)cc(-c2ccc3c4ccccc4c4nccnc4c3c2)c1.c1ccc2c(-c3ccc(-c4ccc5c6ccccc6c6nccnc6c5c4)cc3)cccc2c1.c1ccc2cc(-c3ccc(-c4ccc5c6ccccc6c6nccnc6c5c4)cc3)ccc2c1. The van der Waals surface area contributed by atoms with E-state index in [1.165, 1.54) is 131 Å². The van der Waals surface area contributed by atoms with Crippen LogP contribution in [0, 0.1) is 0 Å². The van der Waals surface area contributed by atoms with Crippen LogP contribution in [0.3, 0.4) is 0 Å². The molecule has 0 fully saturated rings. The lowest BCUT2D eigenvalue weighted by molar-refractivity contribution is 1.31. The molecule has 0 aliphatic rings. The van der Waals surface area contributed by atoms with Crippen LogP contribution >= 0.6 is 0 Å². The molecular formula is C96H60N6. The Morgan fingerprint density at radius 3 is 0.794 bits per heavy atom. The second-order valence-corrected chi connectivity index (χ2v) is 26.1. The molecule has 0 radical (unpaired) electrons. The molecule has 6 heteroatoms. The molecule has 102 heavy (non-hydrogen) atoms. The Hall–Kier alpha value is -13.7. The van der Waals surface area contributed by atoms with E-state index < -0.39 is 0 Å². The van der Waals surface area contributed by atoms with Crippen LogP contribution < -0.4 is 0 Å². The third-order valence-electron chi connectivity index (χ3n) is 20.2. The van der Waals surface area contributed by atoms with Crippen molar-refractivity contribution in [2.24, 2.45) is 0 Å². The lowest BCUT2D eigenvalue weighted by Gasteiger charge is -2.11. The van der Waals surface area contributed by atoms with Crippen LogP contribution in [-0.4, -0.2) is 29.9 Å². The van der Waals surface area contributed by atoms with Crippen LogP contribution in [0.4, 0.5) is 0 Å². The predicted molar refractivity (Wildman–Crippen MR) is 429 cm³/mol. The Balaban J connectivity index is 0.000000106. The van der Waals surface area contributed by atoms with E-state index in [-0.39, 0.29) is 0 Å². The van der Waals surface area contributed by atoms with E-state index in [9.17, 15) is 0 Å². The lowest BCUT2D eigenvalue weighted by Crippen LogP contribution is -1.89. The monoisotopic (exact) mass is 1300 g/mol. The smallest absolute Gasteiger partial charge is 0.0971 e. The number of aromatic nitrogens is 6. The standard InChI is InChI=1S/3C32H20N2/c1-2-8-25-22(6-1)7-5-11-26(25)23-14-12-21(13-15-23)24-16-17-28-27-9-3-4-10-29(27)31-32(30(28)20-24)34-19-18-33-31;1-2-7-22-18-25(13-12-21(22)6-1)23-8-5-9-24(19-23)26-14-15-28-27-10-3-4-11-29(27)31-32(30(28)20-26)34-17-16-33-31;1-2-6-24-19-25(14-13-21(24)5-1)22-9-11-23(12-10-22)26-15-16-28-27-7-3-4-8-29(27)31-32(30(28)20-26)34-18-17-33-31/h3*1-20H. The third kappa shape index (κ3) is 10.7. The Morgan fingerprint density at radius 1 is 0.127 bits per heavy atom. The van der Waals surface area contributed by atoms with Gasteiger partial charge in [0.25, 0.3) is 0 Å². The van der Waals surface area contributed by atoms with Gasteiger partial charge in [-0.05, 0) is 168 Å². The highest BCUT2D eigenvalue weighted by molar-refractivity contribution is 6.26. The van der Waals surface area contributed by atoms with Crippen molar-refractivity contribution in [2.45, 2.75) is 0 Å². The van der Waals surface area contributed by atoms with Crippen LogP contribution in [0.5, 0.6) is 0 Å². The molecule has 3 heterocycles. The van der Waals surface area contributed by atoms with Gasteiger partial charge in [-0.2, -0.15) is 0 Å². The number of benzene rings is 18. The van der Waals surface area contributed by atoms with Crippen LogP contribution in [0.25, 0.3) is 197 Å². The molecule has 6 nitrogen and oxygen atoms in total. The lowest BCUT2D eigenvalue weighted by atomic mass is 9.94. The van der Waals surface area contributed by atoms with Crippen molar-refractivity contribution in [3.05, 3.63) is 365 Å². The first kappa shape index (κ1) is 59.6. The highest BCUT2D eigenvalue weighted by Gasteiger charge is 2.17. The van der Waals surface area contributed by atoms with Crippen LogP contribution in [0.15, 0.2) is 365 Å². The Kier molecular flexibility index (Phi) is 14.8. The second kappa shape index (κ2) is 25.3. The molecule has 474 valence electrons. The molecule has 0 amide bonds. The van der Waals surface area contributed by atoms with Gasteiger partial charge in [0.1, 0.15) is 0 Å². The normalized spacial score (nSPS) is 11.5. The van der Waals surface area contributed by atoms with E-state index in [0.717, 1.165) is 65.4 Å². The average molecular weight is 1300 g/mol. The molecule has 21 aromatic rings. The van der Waals surface area contributed by atoms with E-state index in [2.05, 4.69) is 343 Å². The minimum atomic E-state index is 0.948. The molecule has 0 atom stereocenters. The molecule has 0 saturated heterocycles. The summed E-state index contributed by atoms with van der Waals surface area (Å²) in [6.07, 6.45) is 10.7. The van der Waals surface area contributed by atoms with Crippen molar-refractivity contribution in [3.63, 3.8) is 0 Å². The summed E-state index contributed by atoms with van der Waals surface area (Å²) in [6.45, 7) is 0. The van der Waals surface area contributed by atoms with E-state index in [0.29, 0.717) is 0 Å². The molecule has 21 rings (SSSR count). The van der Waals surface area contributed by atoms with Crippen molar-refractivity contribution in [1.82, 2.24) is 29.9 Å². The van der Waals surface area contributed by atoms with Gasteiger partial charge in [0.2, 0.25) is 0 Å². The van der Waals surface area contributed by atoms with Gasteiger partial charge in [0.05, 0.1) is 33.1 Å². The third-order valence-corrected chi connectivity index (χ3v) is 20.2. The summed E-state index contributed by atoms with van der Waals surface area (Å²) < 4.78 is 0. The summed E-state index contributed by atoms with van der Waals surface area (Å²) >= 11 is 0. The number of nitrogens with zero attached hydrogens (tertiary/aromatic N) is 6. The summed E-state index contributed by atoms with van der Waals surface area (Å²) in [5.41, 5.74) is 20.2. The van der Waals surface area contributed by atoms with Gasteiger partial charge in [0.15, 0.2) is 0 Å². The van der Waals surface area contributed by atoms with E-state index in [1.54, 1.807) is 37.2 Å². The van der Waals surface area contributed by atoms with Gasteiger partial charge < -0.3 is 0 Å². The molecule has 0 unspecified atom stereocenters. The Bertz CT molecular complexity index is 6770. The van der Waals surface area contributed by atoms with Gasteiger partial charge in [-0.25, -0.2) is 0 Å². The van der Waals surface area contributed by atoms with Crippen molar-refractivity contribution in [1.29, 1.82) is 0 Å². The molecule has 0 saturated carbocycles. The molecule has 3 aromatic heterocycles. The van der Waals surface area contributed by atoms with Crippen molar-refractivity contribution in [3.8, 4) is 66.8 Å². The van der Waals surface area contributed by atoms with E-state index >= 15 is 0 Å². The zero-order valence-electron chi connectivity index (χ0n) is 55.3. The number of hydrogen-bond donors (Lipinski definition) is 0. The molecule has 0 N–H and O–H groups in total. The molecule has 0 bridgehead atoms. The average Bonchev–Trinajstić information content (AvgIpc) is 0.754. The highest BCUT2D eigenvalue weighted by atomic mass is 14.8. The Morgan fingerprint density at radius 2 is 0.382 bits per heavy atom. The molecular weight excluding hydrogens is 1240 g/mol. The first-order valence-electron chi connectivity index (χ1n) is 34.5. The fraction of sp³-hybridized carbons (Fsp3) is 0. The minimum absolute atomic E-state index is 0.948. The number of hydrogen-bond acceptors (Lipinski definition) is 6. The molecule has 18 aromatic carbocycles. The summed E-state index contributed by atoms with van der Waals surface area (Å²) in [5, 5.41) is 21.7. The number of fused-ring (bicyclic) bond motifs is 21. The van der Waals surface area contributed by atoms with E-state index in [1.807, 2.05) is 0 Å². The molecule has 0 aliphatic heterocycles. The molecule has 0 aliphatic carbocycles. The first-order valence-corrected chi connectivity index (χ1v) is 34.5. The maximum Gasteiger partial charge on any atom is 0.0971 e. The summed E-state index contributed by atoms with van der Waals surface area (Å²) in [5.74, 6) is 0. The van der Waals surface area contributed by atoms with Crippen LogP contribution in [0.1, 0.15) is 0 Å². The summed E-state index contributed by atoms with van der Waals surface area (Å²) in [7, 11) is 0. The quantitative estimate of drug-likeness (QED) is 0.154. The maximum atomic E-state index is 4.73. The highest BCUT2D eigenvalue weighted by Crippen LogP contribution is 2.41. The summed E-state index contributed by atoms with van der Waals surface area (Å²) in [6, 6.07) is 117. The van der Waals surface area contributed by atoms with Gasteiger partial charge in [0, 0.05) is 69.5 Å². The fourth-order valence-corrected chi connectivity index (χ4v) is 15.2. The van der Waals surface area contributed by atoms with Crippen molar-refractivity contribution in [2.75, 3.05) is 0 Å². The summed E-state index contributed by atoms with van der Waals surface area (Å²) in [4.78, 5) is 28.2.